The molecule has 3 rings (SSSR count). The molecule has 3 saturated carbocycles. The summed E-state index contributed by atoms with van der Waals surface area (Å²) in [6.07, 6.45) is 11.0. The van der Waals surface area contributed by atoms with Crippen LogP contribution in [0.25, 0.3) is 0 Å². The monoisotopic (exact) mass is 348 g/mol. The fourth-order valence-corrected chi connectivity index (χ4v) is 6.66. The number of ether oxygens (including phenoxy) is 1. The molecule has 5 unspecified atom stereocenters. The lowest BCUT2D eigenvalue weighted by atomic mass is 9.66. The SMILES string of the molecule is CCC(C(C)C)C1(C(=O)OC2(C)CCC3CCCCC3C2)CC1(C)C. The lowest BCUT2D eigenvalue weighted by Gasteiger charge is -2.45. The molecule has 0 aromatic rings. The predicted octanol–water partition coefficient (Wildman–Crippen LogP) is 6.38. The van der Waals surface area contributed by atoms with Crippen molar-refractivity contribution in [3.05, 3.63) is 0 Å². The Hall–Kier alpha value is -0.530. The maximum atomic E-state index is 13.5. The Morgan fingerprint density at radius 1 is 1.08 bits per heavy atom. The Morgan fingerprint density at radius 2 is 1.68 bits per heavy atom. The second-order valence-corrected chi connectivity index (χ2v) is 10.7. The predicted molar refractivity (Wildman–Crippen MR) is 103 cm³/mol. The number of esters is 1. The first kappa shape index (κ1) is 19.2. The van der Waals surface area contributed by atoms with Gasteiger partial charge in [-0.15, -0.1) is 0 Å². The molecule has 25 heavy (non-hydrogen) atoms. The normalized spacial score (nSPS) is 41.1. The van der Waals surface area contributed by atoms with Gasteiger partial charge < -0.3 is 4.74 Å². The minimum absolute atomic E-state index is 0.0907. The van der Waals surface area contributed by atoms with E-state index in [0.717, 1.165) is 37.5 Å². The summed E-state index contributed by atoms with van der Waals surface area (Å²) in [5, 5.41) is 0. The fourth-order valence-electron chi connectivity index (χ4n) is 6.66. The van der Waals surface area contributed by atoms with Gasteiger partial charge in [0, 0.05) is 0 Å². The van der Waals surface area contributed by atoms with Gasteiger partial charge in [0.1, 0.15) is 5.60 Å². The zero-order valence-corrected chi connectivity index (χ0v) is 17.5. The van der Waals surface area contributed by atoms with Gasteiger partial charge in [-0.2, -0.15) is 0 Å². The van der Waals surface area contributed by atoms with Crippen molar-refractivity contribution >= 4 is 5.97 Å². The van der Waals surface area contributed by atoms with Crippen LogP contribution < -0.4 is 0 Å². The molecule has 2 nitrogen and oxygen atoms in total. The van der Waals surface area contributed by atoms with Crippen LogP contribution in [0, 0.1) is 34.5 Å². The molecule has 0 radical (unpaired) electrons. The van der Waals surface area contributed by atoms with Gasteiger partial charge >= 0.3 is 5.97 Å². The number of carbonyl (C=O) groups is 1. The van der Waals surface area contributed by atoms with Gasteiger partial charge in [0.2, 0.25) is 0 Å². The van der Waals surface area contributed by atoms with E-state index in [-0.39, 0.29) is 22.4 Å². The largest absolute Gasteiger partial charge is 0.459 e. The van der Waals surface area contributed by atoms with E-state index in [1.807, 2.05) is 0 Å². The van der Waals surface area contributed by atoms with Crippen LogP contribution in [-0.2, 0) is 9.53 Å². The zero-order chi connectivity index (χ0) is 18.5. The molecule has 0 aliphatic heterocycles. The third-order valence-electron chi connectivity index (χ3n) is 8.19. The highest BCUT2D eigenvalue weighted by Crippen LogP contribution is 2.70. The third kappa shape index (κ3) is 3.28. The molecule has 0 amide bonds. The van der Waals surface area contributed by atoms with Gasteiger partial charge in [-0.05, 0) is 61.7 Å². The summed E-state index contributed by atoms with van der Waals surface area (Å²) in [6, 6.07) is 0. The Bertz CT molecular complexity index is 508. The molecular formula is C23H40O2. The van der Waals surface area contributed by atoms with Crippen LogP contribution >= 0.6 is 0 Å². The van der Waals surface area contributed by atoms with E-state index in [4.69, 9.17) is 4.74 Å². The summed E-state index contributed by atoms with van der Waals surface area (Å²) in [5.74, 6) is 2.77. The lowest BCUT2D eigenvalue weighted by Crippen LogP contribution is -2.45. The van der Waals surface area contributed by atoms with E-state index in [2.05, 4.69) is 41.5 Å². The fraction of sp³-hybridized carbons (Fsp3) is 0.957. The molecule has 5 atom stereocenters. The van der Waals surface area contributed by atoms with Crippen molar-refractivity contribution in [1.29, 1.82) is 0 Å². The third-order valence-corrected chi connectivity index (χ3v) is 8.19. The van der Waals surface area contributed by atoms with E-state index in [1.165, 1.54) is 32.1 Å². The molecule has 0 heterocycles. The Morgan fingerprint density at radius 3 is 2.20 bits per heavy atom. The van der Waals surface area contributed by atoms with E-state index in [0.29, 0.717) is 11.8 Å². The van der Waals surface area contributed by atoms with Crippen molar-refractivity contribution in [3.63, 3.8) is 0 Å². The highest BCUT2D eigenvalue weighted by molar-refractivity contribution is 5.82. The van der Waals surface area contributed by atoms with Gasteiger partial charge in [-0.3, -0.25) is 4.79 Å². The second kappa shape index (κ2) is 6.57. The number of rotatable bonds is 5. The quantitative estimate of drug-likeness (QED) is 0.539. The van der Waals surface area contributed by atoms with E-state index < -0.39 is 0 Å². The zero-order valence-electron chi connectivity index (χ0n) is 17.5. The summed E-state index contributed by atoms with van der Waals surface area (Å²) < 4.78 is 6.38. The molecule has 0 saturated heterocycles. The van der Waals surface area contributed by atoms with Gasteiger partial charge in [0.25, 0.3) is 0 Å². The minimum Gasteiger partial charge on any atom is -0.459 e. The van der Waals surface area contributed by atoms with Crippen molar-refractivity contribution in [1.82, 2.24) is 0 Å². The summed E-state index contributed by atoms with van der Waals surface area (Å²) in [7, 11) is 0. The topological polar surface area (TPSA) is 26.3 Å². The van der Waals surface area contributed by atoms with Crippen molar-refractivity contribution in [2.24, 2.45) is 34.5 Å². The van der Waals surface area contributed by atoms with Crippen molar-refractivity contribution in [3.8, 4) is 0 Å². The molecule has 3 aliphatic rings. The van der Waals surface area contributed by atoms with Crippen LogP contribution in [0.4, 0.5) is 0 Å². The first-order chi connectivity index (χ1) is 11.7. The van der Waals surface area contributed by atoms with Crippen molar-refractivity contribution < 1.29 is 9.53 Å². The maximum absolute atomic E-state index is 13.5. The van der Waals surface area contributed by atoms with Crippen LogP contribution in [-0.4, -0.2) is 11.6 Å². The Kier molecular flexibility index (Phi) is 5.06. The van der Waals surface area contributed by atoms with Crippen LogP contribution in [0.3, 0.4) is 0 Å². The molecule has 3 fully saturated rings. The van der Waals surface area contributed by atoms with E-state index >= 15 is 0 Å². The smallest absolute Gasteiger partial charge is 0.313 e. The summed E-state index contributed by atoms with van der Waals surface area (Å²) >= 11 is 0. The maximum Gasteiger partial charge on any atom is 0.313 e. The van der Waals surface area contributed by atoms with Crippen molar-refractivity contribution in [2.45, 2.75) is 105 Å². The first-order valence-corrected chi connectivity index (χ1v) is 10.9. The molecule has 0 spiro atoms. The van der Waals surface area contributed by atoms with Crippen LogP contribution in [0.5, 0.6) is 0 Å². The van der Waals surface area contributed by atoms with Crippen LogP contribution in [0.2, 0.25) is 0 Å². The minimum atomic E-state index is -0.248. The highest BCUT2D eigenvalue weighted by atomic mass is 16.6. The average molecular weight is 349 g/mol. The standard InChI is InChI=1S/C23H40O2/c1-7-19(16(2)3)23(15-21(23,4)5)20(24)25-22(6)13-12-17-10-8-9-11-18(17)14-22/h16-19H,7-15H2,1-6H3. The highest BCUT2D eigenvalue weighted by Gasteiger charge is 2.71. The van der Waals surface area contributed by atoms with Crippen LogP contribution in [0.15, 0.2) is 0 Å². The molecule has 2 heteroatoms. The molecule has 0 aromatic carbocycles. The number of hydrogen-bond donors (Lipinski definition) is 0. The Balaban J connectivity index is 1.74. The second-order valence-electron chi connectivity index (χ2n) is 10.7. The molecule has 0 aromatic heterocycles. The van der Waals surface area contributed by atoms with Gasteiger partial charge in [0.05, 0.1) is 5.41 Å². The van der Waals surface area contributed by atoms with Crippen molar-refractivity contribution in [2.75, 3.05) is 0 Å². The number of hydrogen-bond acceptors (Lipinski definition) is 2. The Labute approximate surface area is 155 Å². The van der Waals surface area contributed by atoms with Gasteiger partial charge in [0.15, 0.2) is 0 Å². The van der Waals surface area contributed by atoms with Gasteiger partial charge in [-0.1, -0.05) is 66.7 Å². The summed E-state index contributed by atoms with van der Waals surface area (Å²) in [4.78, 5) is 13.5. The molecular weight excluding hydrogens is 308 g/mol. The first-order valence-electron chi connectivity index (χ1n) is 10.9. The molecule has 0 N–H and O–H groups in total. The number of fused-ring (bicyclic) bond motifs is 1. The lowest BCUT2D eigenvalue weighted by molar-refractivity contribution is -0.177. The molecule has 0 bridgehead atoms. The average Bonchev–Trinajstić information content (AvgIpc) is 3.10. The van der Waals surface area contributed by atoms with E-state index in [9.17, 15) is 4.79 Å². The van der Waals surface area contributed by atoms with E-state index in [1.54, 1.807) is 0 Å². The van der Waals surface area contributed by atoms with Gasteiger partial charge in [-0.25, -0.2) is 0 Å². The summed E-state index contributed by atoms with van der Waals surface area (Å²) in [6.45, 7) is 13.5. The molecule has 144 valence electrons. The summed E-state index contributed by atoms with van der Waals surface area (Å²) in [5.41, 5.74) is -0.383. The number of carbonyl (C=O) groups excluding carboxylic acids is 1. The molecule has 3 aliphatic carbocycles. The van der Waals surface area contributed by atoms with Crippen LogP contribution in [0.1, 0.15) is 99.3 Å².